The number of rotatable bonds is 7. The minimum Gasteiger partial charge on any atom is -0.207 e. The Balaban J connectivity index is 2.09. The summed E-state index contributed by atoms with van der Waals surface area (Å²) in [4.78, 5) is 0. The van der Waals surface area contributed by atoms with Crippen LogP contribution in [0.1, 0.15) is 37.7 Å². The van der Waals surface area contributed by atoms with E-state index in [2.05, 4.69) is 6.58 Å². The van der Waals surface area contributed by atoms with Gasteiger partial charge in [0.15, 0.2) is 0 Å². The zero-order valence-electron chi connectivity index (χ0n) is 9.21. The van der Waals surface area contributed by atoms with E-state index in [9.17, 15) is 4.39 Å². The highest BCUT2D eigenvalue weighted by Crippen LogP contribution is 2.09. The largest absolute Gasteiger partial charge is 0.207 e. The Bertz CT molecular complexity index is 274. The molecule has 0 bridgehead atoms. The van der Waals surface area contributed by atoms with Gasteiger partial charge in [0.25, 0.3) is 0 Å². The molecule has 0 atom stereocenters. The molecule has 0 radical (unpaired) electrons. The number of allylic oxidation sites excluding steroid dienone is 1. The summed E-state index contributed by atoms with van der Waals surface area (Å²) in [6, 6.07) is 6.82. The summed E-state index contributed by atoms with van der Waals surface area (Å²) in [5.41, 5.74) is 1.24. The lowest BCUT2D eigenvalue weighted by Crippen LogP contribution is -1.86. The number of hydrogen-bond acceptors (Lipinski definition) is 0. The van der Waals surface area contributed by atoms with Gasteiger partial charge in [-0.1, -0.05) is 31.1 Å². The maximum Gasteiger partial charge on any atom is 0.123 e. The highest BCUT2D eigenvalue weighted by atomic mass is 19.1. The topological polar surface area (TPSA) is 0 Å². The van der Waals surface area contributed by atoms with Gasteiger partial charge in [0.05, 0.1) is 0 Å². The average Bonchev–Trinajstić information content (AvgIpc) is 2.26. The molecule has 1 heteroatoms. The van der Waals surface area contributed by atoms with E-state index in [0.29, 0.717) is 0 Å². The van der Waals surface area contributed by atoms with Crippen LogP contribution in [0.3, 0.4) is 0 Å². The zero-order valence-corrected chi connectivity index (χ0v) is 9.21. The second kappa shape index (κ2) is 7.22. The van der Waals surface area contributed by atoms with Crippen molar-refractivity contribution in [2.45, 2.75) is 38.5 Å². The lowest BCUT2D eigenvalue weighted by atomic mass is 10.1. The van der Waals surface area contributed by atoms with Gasteiger partial charge < -0.3 is 0 Å². The van der Waals surface area contributed by atoms with Gasteiger partial charge in [-0.25, -0.2) is 4.39 Å². The van der Waals surface area contributed by atoms with Crippen LogP contribution in [-0.4, -0.2) is 0 Å². The molecular weight excluding hydrogens is 187 g/mol. The summed E-state index contributed by atoms with van der Waals surface area (Å²) < 4.78 is 12.6. The van der Waals surface area contributed by atoms with Crippen LogP contribution in [0.25, 0.3) is 0 Å². The fourth-order valence-electron chi connectivity index (χ4n) is 1.62. The van der Waals surface area contributed by atoms with E-state index in [-0.39, 0.29) is 5.82 Å². The Kier molecular flexibility index (Phi) is 5.76. The standard InChI is InChI=1S/C14H19F/c1-2-3-4-5-6-7-8-13-9-11-14(15)12-10-13/h2,9-12H,1,3-8H2. The van der Waals surface area contributed by atoms with Crippen LogP contribution < -0.4 is 0 Å². The minimum atomic E-state index is -0.148. The first-order chi connectivity index (χ1) is 7.33. The van der Waals surface area contributed by atoms with Crippen molar-refractivity contribution >= 4 is 0 Å². The summed E-state index contributed by atoms with van der Waals surface area (Å²) in [5, 5.41) is 0. The molecular formula is C14H19F. The number of aryl methyl sites for hydroxylation is 1. The number of hydrogen-bond donors (Lipinski definition) is 0. The first kappa shape index (κ1) is 12.0. The summed E-state index contributed by atoms with van der Waals surface area (Å²) in [6.07, 6.45) is 9.12. The molecule has 0 unspecified atom stereocenters. The molecule has 0 saturated carbocycles. The van der Waals surface area contributed by atoms with Gasteiger partial charge in [-0.3, -0.25) is 0 Å². The number of benzene rings is 1. The Hall–Kier alpha value is -1.11. The van der Waals surface area contributed by atoms with E-state index in [1.54, 1.807) is 0 Å². The third kappa shape index (κ3) is 5.36. The van der Waals surface area contributed by atoms with Gasteiger partial charge in [-0.15, -0.1) is 6.58 Å². The zero-order chi connectivity index (χ0) is 10.9. The second-order valence-electron chi connectivity index (χ2n) is 3.87. The Morgan fingerprint density at radius 3 is 2.33 bits per heavy atom. The van der Waals surface area contributed by atoms with Crippen LogP contribution in [-0.2, 0) is 6.42 Å². The van der Waals surface area contributed by atoms with E-state index in [4.69, 9.17) is 0 Å². The predicted molar refractivity (Wildman–Crippen MR) is 63.4 cm³/mol. The van der Waals surface area contributed by atoms with Crippen LogP contribution in [0.2, 0.25) is 0 Å². The second-order valence-corrected chi connectivity index (χ2v) is 3.87. The molecule has 15 heavy (non-hydrogen) atoms. The molecule has 0 aliphatic heterocycles. The fourth-order valence-corrected chi connectivity index (χ4v) is 1.62. The molecule has 0 aliphatic rings. The first-order valence-electron chi connectivity index (χ1n) is 5.68. The summed E-state index contributed by atoms with van der Waals surface area (Å²) in [6.45, 7) is 3.70. The highest BCUT2D eigenvalue weighted by molar-refractivity contribution is 5.15. The first-order valence-corrected chi connectivity index (χ1v) is 5.68. The van der Waals surface area contributed by atoms with Crippen molar-refractivity contribution in [3.8, 4) is 0 Å². The third-order valence-corrected chi connectivity index (χ3v) is 2.54. The smallest absolute Gasteiger partial charge is 0.123 e. The predicted octanol–water partition coefficient (Wildman–Crippen LogP) is 4.50. The summed E-state index contributed by atoms with van der Waals surface area (Å²) in [5.74, 6) is -0.148. The Morgan fingerprint density at radius 2 is 1.67 bits per heavy atom. The van der Waals surface area contributed by atoms with Crippen LogP contribution in [0.4, 0.5) is 4.39 Å². The quantitative estimate of drug-likeness (QED) is 0.455. The van der Waals surface area contributed by atoms with Crippen LogP contribution in [0.5, 0.6) is 0 Å². The molecule has 0 amide bonds. The molecule has 0 fully saturated rings. The van der Waals surface area contributed by atoms with Crippen molar-refractivity contribution in [2.24, 2.45) is 0 Å². The molecule has 0 spiro atoms. The summed E-state index contributed by atoms with van der Waals surface area (Å²) >= 11 is 0. The minimum absolute atomic E-state index is 0.148. The lowest BCUT2D eigenvalue weighted by molar-refractivity contribution is 0.624. The van der Waals surface area contributed by atoms with Gasteiger partial charge in [-0.05, 0) is 43.4 Å². The van der Waals surface area contributed by atoms with Crippen molar-refractivity contribution in [2.75, 3.05) is 0 Å². The SMILES string of the molecule is C=CCCCCCCc1ccc(F)cc1. The van der Waals surface area contributed by atoms with E-state index in [1.807, 2.05) is 18.2 Å². The molecule has 0 saturated heterocycles. The highest BCUT2D eigenvalue weighted by Gasteiger charge is 1.94. The Labute approximate surface area is 91.8 Å². The molecule has 1 aromatic carbocycles. The molecule has 1 aromatic rings. The van der Waals surface area contributed by atoms with Crippen molar-refractivity contribution in [3.05, 3.63) is 48.3 Å². The maximum absolute atomic E-state index is 12.6. The van der Waals surface area contributed by atoms with E-state index >= 15 is 0 Å². The molecule has 0 N–H and O–H groups in total. The molecule has 0 nitrogen and oxygen atoms in total. The van der Waals surface area contributed by atoms with Gasteiger partial charge in [0, 0.05) is 0 Å². The van der Waals surface area contributed by atoms with Crippen molar-refractivity contribution in [1.29, 1.82) is 0 Å². The third-order valence-electron chi connectivity index (χ3n) is 2.54. The van der Waals surface area contributed by atoms with Gasteiger partial charge in [-0.2, -0.15) is 0 Å². The van der Waals surface area contributed by atoms with Gasteiger partial charge >= 0.3 is 0 Å². The molecule has 0 aliphatic carbocycles. The van der Waals surface area contributed by atoms with Crippen molar-refractivity contribution in [1.82, 2.24) is 0 Å². The van der Waals surface area contributed by atoms with Gasteiger partial charge in [0.1, 0.15) is 5.82 Å². The maximum atomic E-state index is 12.6. The van der Waals surface area contributed by atoms with E-state index < -0.39 is 0 Å². The van der Waals surface area contributed by atoms with Crippen molar-refractivity contribution < 1.29 is 4.39 Å². The molecule has 0 heterocycles. The number of halogens is 1. The van der Waals surface area contributed by atoms with Crippen LogP contribution in [0.15, 0.2) is 36.9 Å². The van der Waals surface area contributed by atoms with Crippen LogP contribution >= 0.6 is 0 Å². The monoisotopic (exact) mass is 206 g/mol. The summed E-state index contributed by atoms with van der Waals surface area (Å²) in [7, 11) is 0. The van der Waals surface area contributed by atoms with E-state index in [0.717, 1.165) is 12.8 Å². The van der Waals surface area contributed by atoms with Crippen LogP contribution in [0, 0.1) is 5.82 Å². The normalized spacial score (nSPS) is 10.2. The average molecular weight is 206 g/mol. The molecule has 82 valence electrons. The van der Waals surface area contributed by atoms with Gasteiger partial charge in [0.2, 0.25) is 0 Å². The molecule has 1 rings (SSSR count). The number of unbranched alkanes of at least 4 members (excludes halogenated alkanes) is 4. The Morgan fingerprint density at radius 1 is 1.00 bits per heavy atom. The molecule has 0 aromatic heterocycles. The van der Waals surface area contributed by atoms with Crippen molar-refractivity contribution in [3.63, 3.8) is 0 Å². The van der Waals surface area contributed by atoms with E-state index in [1.165, 1.54) is 43.4 Å². The fraction of sp³-hybridized carbons (Fsp3) is 0.429. The lowest BCUT2D eigenvalue weighted by Gasteiger charge is -2.01.